The van der Waals surface area contributed by atoms with Gasteiger partial charge in [0.15, 0.2) is 0 Å². The average molecular weight is 254 g/mol. The van der Waals surface area contributed by atoms with Gasteiger partial charge < -0.3 is 9.73 Å². The molecule has 2 nitrogen and oxygen atoms in total. The standard InChI is InChI=1S/C13H13ClFNO/c1-16-12(13-3-2-6-17-13)7-9-4-5-10(14)8-11(9)15/h2-6,8,12,16H,7H2,1H3. The number of benzene rings is 1. The molecule has 0 aliphatic heterocycles. The fourth-order valence-corrected chi connectivity index (χ4v) is 1.90. The van der Waals surface area contributed by atoms with Crippen LogP contribution in [0.5, 0.6) is 0 Å². The van der Waals surface area contributed by atoms with Crippen molar-refractivity contribution in [2.75, 3.05) is 7.05 Å². The summed E-state index contributed by atoms with van der Waals surface area (Å²) < 4.78 is 19.0. The third-order valence-corrected chi connectivity index (χ3v) is 2.91. The van der Waals surface area contributed by atoms with Crippen molar-refractivity contribution in [3.8, 4) is 0 Å². The van der Waals surface area contributed by atoms with Gasteiger partial charge in [0.2, 0.25) is 0 Å². The van der Waals surface area contributed by atoms with E-state index >= 15 is 0 Å². The molecule has 0 aliphatic rings. The molecule has 90 valence electrons. The summed E-state index contributed by atoms with van der Waals surface area (Å²) in [6.45, 7) is 0. The van der Waals surface area contributed by atoms with Crippen LogP contribution < -0.4 is 5.32 Å². The summed E-state index contributed by atoms with van der Waals surface area (Å²) in [5.41, 5.74) is 0.616. The quantitative estimate of drug-likeness (QED) is 0.901. The van der Waals surface area contributed by atoms with Crippen LogP contribution in [0.25, 0.3) is 0 Å². The molecule has 0 fully saturated rings. The molecule has 1 aromatic carbocycles. The number of halogens is 2. The lowest BCUT2D eigenvalue weighted by atomic mass is 10.0. The van der Waals surface area contributed by atoms with E-state index in [2.05, 4.69) is 5.32 Å². The number of likely N-dealkylation sites (N-methyl/N-ethyl adjacent to an activating group) is 1. The Bertz CT molecular complexity index is 484. The molecule has 1 atom stereocenters. The molecule has 1 N–H and O–H groups in total. The van der Waals surface area contributed by atoms with Crippen molar-refractivity contribution in [2.24, 2.45) is 0 Å². The summed E-state index contributed by atoms with van der Waals surface area (Å²) in [7, 11) is 1.82. The number of nitrogens with one attached hydrogen (secondary N) is 1. The SMILES string of the molecule is CNC(Cc1ccc(Cl)cc1F)c1ccco1. The highest BCUT2D eigenvalue weighted by molar-refractivity contribution is 6.30. The minimum atomic E-state index is -0.288. The predicted molar refractivity (Wildman–Crippen MR) is 65.6 cm³/mol. The summed E-state index contributed by atoms with van der Waals surface area (Å²) in [6, 6.07) is 8.36. The van der Waals surface area contributed by atoms with Gasteiger partial charge in [-0.3, -0.25) is 0 Å². The molecule has 0 saturated heterocycles. The van der Waals surface area contributed by atoms with Crippen LogP contribution in [0.1, 0.15) is 17.4 Å². The molecule has 1 unspecified atom stereocenters. The zero-order valence-corrected chi connectivity index (χ0v) is 10.2. The maximum Gasteiger partial charge on any atom is 0.127 e. The highest BCUT2D eigenvalue weighted by atomic mass is 35.5. The predicted octanol–water partition coefficient (Wildman–Crippen LogP) is 3.58. The molecule has 0 aliphatic carbocycles. The first kappa shape index (κ1) is 12.1. The summed E-state index contributed by atoms with van der Waals surface area (Å²) >= 11 is 5.71. The van der Waals surface area contributed by atoms with Crippen LogP contribution >= 0.6 is 11.6 Å². The first-order valence-electron chi connectivity index (χ1n) is 5.35. The molecule has 0 radical (unpaired) electrons. The van der Waals surface area contributed by atoms with Gasteiger partial charge in [0.05, 0.1) is 12.3 Å². The minimum absolute atomic E-state index is 0.0410. The van der Waals surface area contributed by atoms with Crippen molar-refractivity contribution in [2.45, 2.75) is 12.5 Å². The molecule has 1 aromatic heterocycles. The number of rotatable bonds is 4. The molecule has 0 bridgehead atoms. The maximum absolute atomic E-state index is 13.6. The fourth-order valence-electron chi connectivity index (χ4n) is 1.74. The van der Waals surface area contributed by atoms with Gasteiger partial charge in [0, 0.05) is 5.02 Å². The smallest absolute Gasteiger partial charge is 0.127 e. The summed E-state index contributed by atoms with van der Waals surface area (Å²) in [5.74, 6) is 0.506. The lowest BCUT2D eigenvalue weighted by Gasteiger charge is -2.14. The molecule has 0 saturated carbocycles. The van der Waals surface area contributed by atoms with Crippen LogP contribution in [0.4, 0.5) is 4.39 Å². The Morgan fingerprint density at radius 2 is 2.24 bits per heavy atom. The lowest BCUT2D eigenvalue weighted by molar-refractivity contribution is 0.425. The molecule has 17 heavy (non-hydrogen) atoms. The monoisotopic (exact) mass is 253 g/mol. The van der Waals surface area contributed by atoms with Crippen molar-refractivity contribution in [1.82, 2.24) is 5.32 Å². The first-order valence-corrected chi connectivity index (χ1v) is 5.73. The Morgan fingerprint density at radius 1 is 1.41 bits per heavy atom. The van der Waals surface area contributed by atoms with Crippen molar-refractivity contribution < 1.29 is 8.81 Å². The molecule has 0 spiro atoms. The second-order valence-corrected chi connectivity index (χ2v) is 4.23. The molecule has 2 rings (SSSR count). The van der Waals surface area contributed by atoms with Gasteiger partial charge in [0.1, 0.15) is 11.6 Å². The van der Waals surface area contributed by atoms with Crippen LogP contribution in [0.15, 0.2) is 41.0 Å². The average Bonchev–Trinajstić information content (AvgIpc) is 2.81. The van der Waals surface area contributed by atoms with E-state index in [4.69, 9.17) is 16.0 Å². The Hall–Kier alpha value is -1.32. The second-order valence-electron chi connectivity index (χ2n) is 3.80. The fraction of sp³-hybridized carbons (Fsp3) is 0.231. The number of furan rings is 1. The Morgan fingerprint density at radius 3 is 2.82 bits per heavy atom. The molecule has 2 aromatic rings. The molecule has 0 amide bonds. The number of hydrogen-bond donors (Lipinski definition) is 1. The molecular formula is C13H13ClFNO. The summed E-state index contributed by atoms with van der Waals surface area (Å²) in [6.07, 6.45) is 2.13. The van der Waals surface area contributed by atoms with Gasteiger partial charge >= 0.3 is 0 Å². The zero-order valence-electron chi connectivity index (χ0n) is 9.41. The van der Waals surface area contributed by atoms with E-state index in [0.29, 0.717) is 17.0 Å². The van der Waals surface area contributed by atoms with Crippen molar-refractivity contribution in [3.63, 3.8) is 0 Å². The van der Waals surface area contributed by atoms with E-state index in [0.717, 1.165) is 5.76 Å². The molecule has 1 heterocycles. The Labute approximate surface area is 104 Å². The van der Waals surface area contributed by atoms with Crippen LogP contribution in [-0.4, -0.2) is 7.05 Å². The lowest BCUT2D eigenvalue weighted by Crippen LogP contribution is -2.18. The van der Waals surface area contributed by atoms with E-state index in [1.54, 1.807) is 18.4 Å². The zero-order chi connectivity index (χ0) is 12.3. The van der Waals surface area contributed by atoms with Gasteiger partial charge in [0.25, 0.3) is 0 Å². The number of hydrogen-bond acceptors (Lipinski definition) is 2. The van der Waals surface area contributed by atoms with E-state index in [9.17, 15) is 4.39 Å². The Kier molecular flexibility index (Phi) is 3.82. The largest absolute Gasteiger partial charge is 0.468 e. The second kappa shape index (κ2) is 5.34. The highest BCUT2D eigenvalue weighted by Crippen LogP contribution is 2.22. The molecule has 4 heteroatoms. The van der Waals surface area contributed by atoms with Gasteiger partial charge in [-0.25, -0.2) is 4.39 Å². The first-order chi connectivity index (χ1) is 8.20. The third kappa shape index (κ3) is 2.87. The van der Waals surface area contributed by atoms with Crippen LogP contribution in [0, 0.1) is 5.82 Å². The normalized spacial score (nSPS) is 12.6. The van der Waals surface area contributed by atoms with Crippen LogP contribution in [-0.2, 0) is 6.42 Å². The minimum Gasteiger partial charge on any atom is -0.468 e. The molecular weight excluding hydrogens is 241 g/mol. The van der Waals surface area contributed by atoms with E-state index < -0.39 is 0 Å². The van der Waals surface area contributed by atoms with Gasteiger partial charge in [-0.1, -0.05) is 17.7 Å². The summed E-state index contributed by atoms with van der Waals surface area (Å²) in [4.78, 5) is 0. The highest BCUT2D eigenvalue weighted by Gasteiger charge is 2.15. The van der Waals surface area contributed by atoms with Gasteiger partial charge in [-0.05, 0) is 43.3 Å². The topological polar surface area (TPSA) is 25.2 Å². The van der Waals surface area contributed by atoms with Crippen LogP contribution in [0.2, 0.25) is 5.02 Å². The van der Waals surface area contributed by atoms with Crippen molar-refractivity contribution in [3.05, 3.63) is 58.8 Å². The van der Waals surface area contributed by atoms with E-state index in [-0.39, 0.29) is 11.9 Å². The third-order valence-electron chi connectivity index (χ3n) is 2.67. The Balaban J connectivity index is 2.19. The van der Waals surface area contributed by atoms with Crippen molar-refractivity contribution >= 4 is 11.6 Å². The van der Waals surface area contributed by atoms with E-state index in [1.165, 1.54) is 6.07 Å². The maximum atomic E-state index is 13.6. The van der Waals surface area contributed by atoms with Gasteiger partial charge in [-0.2, -0.15) is 0 Å². The summed E-state index contributed by atoms with van der Waals surface area (Å²) in [5, 5.41) is 3.51. The van der Waals surface area contributed by atoms with Crippen LogP contribution in [0.3, 0.4) is 0 Å². The van der Waals surface area contributed by atoms with E-state index in [1.807, 2.05) is 19.2 Å². The van der Waals surface area contributed by atoms with Gasteiger partial charge in [-0.15, -0.1) is 0 Å². The van der Waals surface area contributed by atoms with Crippen molar-refractivity contribution in [1.29, 1.82) is 0 Å².